The molecule has 6 aromatic carbocycles. The van der Waals surface area contributed by atoms with E-state index in [1.165, 1.54) is 112 Å². The Kier molecular flexibility index (Phi) is 30.3. The molecule has 0 atom stereocenters. The van der Waals surface area contributed by atoms with E-state index in [0.717, 1.165) is 167 Å². The Labute approximate surface area is 749 Å². The zero-order valence-electron chi connectivity index (χ0n) is 70.0. The fourth-order valence-electron chi connectivity index (χ4n) is 16.2. The third-order valence-electron chi connectivity index (χ3n) is 22.3. The SMILES string of the molecule is C.CCc1cccc(CC)c1-n1nc2c(c1-c1ccc(Cl)c3[nH]ccc13)CN(c1ncc(C(=O)OC)cn1)CC2.CCc1cccc(CC)c1-n1nc2c(c1-c1ccc(Cl)c3[nH]ccc13)CN(c1ncc(C(C)(C)O)cn1)CC2.CCc1cccc(CC)c1-n1nc2c(c1-c1ccc(Cl)c3[nH]ccc13)CNCC2.COC(=O)c1cnc(Cl)nc1.Cl.[CH3-].[Li+]. The van der Waals surface area contributed by atoms with Crippen LogP contribution in [0.2, 0.25) is 20.4 Å². The van der Waals surface area contributed by atoms with Gasteiger partial charge in [0.1, 0.15) is 0 Å². The van der Waals surface area contributed by atoms with Crippen LogP contribution in [0.5, 0.6) is 0 Å². The maximum atomic E-state index is 11.9. The summed E-state index contributed by atoms with van der Waals surface area (Å²) >= 11 is 25.0. The van der Waals surface area contributed by atoms with Gasteiger partial charge in [-0.05, 0) is 134 Å². The number of para-hydroxylation sites is 3. The third kappa shape index (κ3) is 18.2. The first-order chi connectivity index (χ1) is 57.3. The second kappa shape index (κ2) is 40.1. The summed E-state index contributed by atoms with van der Waals surface area (Å²) in [5.41, 5.74) is 28.1. The van der Waals surface area contributed by atoms with Gasteiger partial charge >= 0.3 is 30.8 Å². The Morgan fingerprint density at radius 3 is 1.11 bits per heavy atom. The summed E-state index contributed by atoms with van der Waals surface area (Å²) in [6.45, 7) is 21.2. The maximum Gasteiger partial charge on any atom is 1.00 e. The van der Waals surface area contributed by atoms with Crippen LogP contribution >= 0.6 is 58.8 Å². The number of H-pyrrole nitrogens is 3. The van der Waals surface area contributed by atoms with E-state index >= 15 is 0 Å². The summed E-state index contributed by atoms with van der Waals surface area (Å²) in [6.07, 6.45) is 23.0. The van der Waals surface area contributed by atoms with E-state index in [-0.39, 0.29) is 57.0 Å². The number of esters is 2. The van der Waals surface area contributed by atoms with Crippen molar-refractivity contribution in [3.05, 3.63) is 277 Å². The number of carbonyl (C=O) groups is 2. The summed E-state index contributed by atoms with van der Waals surface area (Å²) in [5.74, 6) is 0.295. The molecule has 0 radical (unpaired) electrons. The number of fused-ring (bicyclic) bond motifs is 6. The van der Waals surface area contributed by atoms with Crippen LogP contribution in [-0.4, -0.2) is 125 Å². The molecule has 29 heteroatoms. The quantitative estimate of drug-likeness (QED) is 0.0245. The third-order valence-corrected chi connectivity index (χ3v) is 23.4. The molecule has 5 N–H and O–H groups in total. The van der Waals surface area contributed by atoms with Gasteiger partial charge in [-0.15, -0.1) is 12.4 Å². The molecule has 628 valence electrons. The monoisotopic (exact) mass is 1730 g/mol. The minimum absolute atomic E-state index is 0. The smallest absolute Gasteiger partial charge is 0.465 e. The molecule has 0 saturated carbocycles. The largest absolute Gasteiger partial charge is 1.00 e. The number of aromatic amines is 3. The van der Waals surface area contributed by atoms with E-state index in [2.05, 4.69) is 211 Å². The fraction of sp³-hybridized carbons (Fsp3) is 0.290. The molecule has 18 rings (SSSR count). The summed E-state index contributed by atoms with van der Waals surface area (Å²) in [4.78, 5) is 62.3. The average molecular weight is 1730 g/mol. The van der Waals surface area contributed by atoms with Crippen molar-refractivity contribution in [1.82, 2.24) is 79.5 Å². The van der Waals surface area contributed by atoms with Crippen LogP contribution in [0.4, 0.5) is 11.9 Å². The molecule has 0 spiro atoms. The first-order valence-electron chi connectivity index (χ1n) is 39.9. The van der Waals surface area contributed by atoms with Gasteiger partial charge in [-0.1, -0.05) is 157 Å². The number of benzene rings is 6. The van der Waals surface area contributed by atoms with Crippen molar-refractivity contribution in [1.29, 1.82) is 0 Å². The molecule has 9 aromatic heterocycles. The standard InChI is InChI=1S/C31H33ClN6O.C30H29ClN6O2.C24H25ClN4.C6H5ClN2O2.CH4.CH3.ClH.Li/c1-5-19-8-7-9-20(6-2)28(19)38-29(23-10-11-25(32)27-22(23)12-14-33-27)24-18-37(15-13-26(24)36-38)30-34-16-21(17-35-30)31(3,4)39;1-4-18-7-6-8-19(5-2)27(18)37-28(22-9-10-24(31)26-21(22)11-13-32-26)23-17-36(14-12-25(23)35-37)30-33-15-20(16-34-30)29(38)39-3;1-3-15-6-5-7-16(4-2)23(15)29-24(19-14-26-12-11-21(19)28-29)18-8-9-20(25)22-17(18)10-13-27-22;1-11-5(10)4-2-8-6(7)9-3-4;;;;/h7-12,14,16-17,33,39H,5-6,13,15,18H2,1-4H3;6-11,13,15-16,32H,4-5,12,14,17H2,1-3H3;5-10,13,26-27H,3-4,11-12,14H2,1-2H3;2-3H,1H3;1H4;1H3;1H;/q;;;;;-1;;+1. The number of hydrogen-bond acceptors (Lipinski definition) is 17. The number of halogens is 5. The molecule has 0 aliphatic carbocycles. The van der Waals surface area contributed by atoms with Crippen LogP contribution < -0.4 is 34.0 Å². The van der Waals surface area contributed by atoms with Crippen molar-refractivity contribution in [3.63, 3.8) is 0 Å². The number of anilines is 2. The van der Waals surface area contributed by atoms with Gasteiger partial charge in [0.2, 0.25) is 17.2 Å². The van der Waals surface area contributed by atoms with Crippen molar-refractivity contribution in [2.24, 2.45) is 0 Å². The summed E-state index contributed by atoms with van der Waals surface area (Å²) in [5, 5.41) is 35.1. The number of hydrogen-bond donors (Lipinski definition) is 5. The molecule has 0 unspecified atom stereocenters. The van der Waals surface area contributed by atoms with Crippen LogP contribution in [0.15, 0.2) is 165 Å². The second-order valence-electron chi connectivity index (χ2n) is 29.6. The molecule has 3 aliphatic heterocycles. The Morgan fingerprint density at radius 2 is 0.779 bits per heavy atom. The molecule has 0 fully saturated rings. The number of ether oxygens (including phenoxy) is 2. The average Bonchev–Trinajstić information content (AvgIpc) is 1.59. The van der Waals surface area contributed by atoms with Crippen molar-refractivity contribution in [2.45, 2.75) is 146 Å². The zero-order chi connectivity index (χ0) is 82.6. The van der Waals surface area contributed by atoms with Crippen LogP contribution in [0.25, 0.3) is 83.5 Å². The van der Waals surface area contributed by atoms with Gasteiger partial charge < -0.3 is 52.1 Å². The molecule has 122 heavy (non-hydrogen) atoms. The molecule has 0 bridgehead atoms. The van der Waals surface area contributed by atoms with E-state index < -0.39 is 17.5 Å². The zero-order valence-corrected chi connectivity index (χ0v) is 73.8. The number of rotatable bonds is 17. The van der Waals surface area contributed by atoms with E-state index in [1.807, 2.05) is 36.8 Å². The van der Waals surface area contributed by atoms with Crippen LogP contribution in [0.3, 0.4) is 0 Å². The van der Waals surface area contributed by atoms with Crippen molar-refractivity contribution >= 4 is 115 Å². The van der Waals surface area contributed by atoms with E-state index in [4.69, 9.17) is 66.4 Å². The second-order valence-corrected chi connectivity index (χ2v) is 31.2. The Bertz CT molecular complexity index is 6140. The Balaban J connectivity index is 0.000000167. The molecule has 23 nitrogen and oxygen atoms in total. The van der Waals surface area contributed by atoms with E-state index in [1.54, 1.807) is 26.2 Å². The van der Waals surface area contributed by atoms with Gasteiger partial charge in [-0.3, -0.25) is 0 Å². The molecule has 0 amide bonds. The van der Waals surface area contributed by atoms with E-state index in [9.17, 15) is 14.7 Å². The Hall–Kier alpha value is -10.7. The molecular formula is C93H100Cl5LiN18O5. The summed E-state index contributed by atoms with van der Waals surface area (Å²) in [6, 6.07) is 38.2. The predicted octanol–water partition coefficient (Wildman–Crippen LogP) is 17.2. The number of nitrogens with zero attached hydrogens (tertiary/aromatic N) is 14. The number of nitrogens with one attached hydrogen (secondary N) is 4. The number of aryl methyl sites for hydroxylation is 6. The van der Waals surface area contributed by atoms with Gasteiger partial charge in [0.15, 0.2) is 0 Å². The van der Waals surface area contributed by atoms with Crippen LogP contribution in [0.1, 0.15) is 156 Å². The minimum Gasteiger partial charge on any atom is -0.465 e. The Morgan fingerprint density at radius 1 is 0.459 bits per heavy atom. The number of aromatic nitrogens is 15. The molecule has 3 aliphatic rings. The minimum atomic E-state index is -0.984. The van der Waals surface area contributed by atoms with Gasteiger partial charge in [0.25, 0.3) is 0 Å². The fourth-order valence-corrected chi connectivity index (χ4v) is 16.9. The van der Waals surface area contributed by atoms with Crippen LogP contribution in [-0.2, 0) is 92.5 Å². The van der Waals surface area contributed by atoms with Gasteiger partial charge in [0, 0.05) is 169 Å². The maximum absolute atomic E-state index is 11.9. The number of carbonyl (C=O) groups excluding carboxylic acids is 2. The van der Waals surface area contributed by atoms with Gasteiger partial charge in [0.05, 0.1) is 114 Å². The summed E-state index contributed by atoms with van der Waals surface area (Å²) in [7, 11) is 2.64. The molecule has 0 saturated heterocycles. The topological polar surface area (TPSA) is 270 Å². The van der Waals surface area contributed by atoms with Crippen LogP contribution in [0, 0.1) is 7.43 Å². The van der Waals surface area contributed by atoms with Gasteiger partial charge in [-0.2, -0.15) is 15.3 Å². The number of methoxy groups -OCH3 is 2. The normalized spacial score (nSPS) is 12.7. The van der Waals surface area contributed by atoms with Crippen molar-refractivity contribution in [2.75, 3.05) is 43.7 Å². The first kappa shape index (κ1) is 92.0. The molecule has 12 heterocycles. The van der Waals surface area contributed by atoms with Gasteiger partial charge in [-0.25, -0.2) is 53.5 Å². The molecule has 15 aromatic rings. The summed E-state index contributed by atoms with van der Waals surface area (Å²) < 4.78 is 15.8. The van der Waals surface area contributed by atoms with Crippen molar-refractivity contribution < 1.29 is 43.0 Å². The molecular weight excluding hydrogens is 1630 g/mol. The first-order valence-corrected chi connectivity index (χ1v) is 41.5. The van der Waals surface area contributed by atoms with E-state index in [0.29, 0.717) is 46.2 Å². The predicted molar refractivity (Wildman–Crippen MR) is 488 cm³/mol. The van der Waals surface area contributed by atoms with Crippen molar-refractivity contribution in [3.8, 4) is 50.8 Å². The number of aliphatic hydroxyl groups is 1.